The van der Waals surface area contributed by atoms with E-state index >= 15 is 0 Å². The van der Waals surface area contributed by atoms with Crippen LogP contribution < -0.4 is 10.2 Å². The largest absolute Gasteiger partial charge is 0.488 e. The average Bonchev–Trinajstić information content (AvgIpc) is 2.11. The fourth-order valence-corrected chi connectivity index (χ4v) is 0.580. The number of nitrogens with zero attached hydrogens (tertiary/aromatic N) is 1. The summed E-state index contributed by atoms with van der Waals surface area (Å²) in [5.41, 5.74) is -0.809. The van der Waals surface area contributed by atoms with Crippen LogP contribution in [0.15, 0.2) is 12.1 Å². The molecule has 0 aliphatic rings. The number of pyridine rings is 1. The highest BCUT2D eigenvalue weighted by Gasteiger charge is 2.13. The third-order valence-electron chi connectivity index (χ3n) is 1.03. The molecule has 0 unspecified atom stereocenters. The SMILES string of the molecule is [2H]c1c(F)nc(OC([2H])([2H])[2H])c([2H])c1B(O)O. The van der Waals surface area contributed by atoms with Gasteiger partial charge in [0.15, 0.2) is 0 Å². The van der Waals surface area contributed by atoms with E-state index in [0.29, 0.717) is 0 Å². The van der Waals surface area contributed by atoms with Crippen LogP contribution in [0.2, 0.25) is 0 Å². The van der Waals surface area contributed by atoms with Crippen molar-refractivity contribution >= 4 is 12.6 Å². The van der Waals surface area contributed by atoms with Crippen LogP contribution in [0, 0.1) is 5.95 Å². The summed E-state index contributed by atoms with van der Waals surface area (Å²) < 4.78 is 52.1. The smallest absolute Gasteiger partial charge is 0.481 e. The van der Waals surface area contributed by atoms with Gasteiger partial charge in [-0.15, -0.1) is 0 Å². The third kappa shape index (κ3) is 1.93. The summed E-state index contributed by atoms with van der Waals surface area (Å²) >= 11 is 0. The molecule has 64 valence electrons. The molecule has 12 heavy (non-hydrogen) atoms. The first-order chi connectivity index (χ1) is 7.63. The standard InChI is InChI=1S/C6H7BFNO3/c1-12-6-3-4(7(10)11)2-5(8)9-6/h2-3,10-11H,1H3/i1D3,2D,3D. The highest BCUT2D eigenvalue weighted by molar-refractivity contribution is 6.58. The maximum atomic E-state index is 13.1. The van der Waals surface area contributed by atoms with Crippen LogP contribution in [0.3, 0.4) is 0 Å². The minimum absolute atomic E-state index is 0.809. The molecule has 1 aromatic rings. The van der Waals surface area contributed by atoms with Gasteiger partial charge in [-0.3, -0.25) is 0 Å². The molecule has 0 saturated heterocycles. The normalized spacial score (nSPS) is 16.8. The molecule has 0 amide bonds. The van der Waals surface area contributed by atoms with Gasteiger partial charge in [-0.05, 0) is 11.5 Å². The highest BCUT2D eigenvalue weighted by Crippen LogP contribution is 2.03. The van der Waals surface area contributed by atoms with Crippen molar-refractivity contribution in [2.45, 2.75) is 0 Å². The Hall–Kier alpha value is -1.14. The van der Waals surface area contributed by atoms with E-state index in [1.807, 2.05) is 0 Å². The quantitative estimate of drug-likeness (QED) is 0.443. The minimum Gasteiger partial charge on any atom is -0.481 e. The van der Waals surface area contributed by atoms with E-state index in [9.17, 15) is 4.39 Å². The number of rotatable bonds is 2. The molecule has 1 aromatic heterocycles. The van der Waals surface area contributed by atoms with Crippen molar-refractivity contribution in [1.29, 1.82) is 0 Å². The summed E-state index contributed by atoms with van der Waals surface area (Å²) in [6.45, 7) is 0. The van der Waals surface area contributed by atoms with Crippen LogP contribution in [-0.4, -0.2) is 29.2 Å². The van der Waals surface area contributed by atoms with Gasteiger partial charge < -0.3 is 14.8 Å². The molecule has 0 aliphatic heterocycles. The van der Waals surface area contributed by atoms with E-state index in [0.717, 1.165) is 0 Å². The van der Waals surface area contributed by atoms with E-state index in [4.69, 9.17) is 16.9 Å². The van der Waals surface area contributed by atoms with Crippen LogP contribution in [0.5, 0.6) is 5.88 Å². The second kappa shape index (κ2) is 3.51. The summed E-state index contributed by atoms with van der Waals surface area (Å²) in [6.07, 6.45) is 0. The zero-order valence-corrected chi connectivity index (χ0v) is 5.71. The lowest BCUT2D eigenvalue weighted by molar-refractivity contribution is 0.386. The molecular formula is C6H7BFNO3. The molecule has 0 aromatic carbocycles. The van der Waals surface area contributed by atoms with Gasteiger partial charge in [-0.25, -0.2) is 0 Å². The van der Waals surface area contributed by atoms with E-state index in [2.05, 4.69) is 9.72 Å². The summed E-state index contributed by atoms with van der Waals surface area (Å²) in [5.74, 6) is -2.38. The molecule has 0 fully saturated rings. The van der Waals surface area contributed by atoms with Crippen LogP contribution in [-0.2, 0) is 0 Å². The number of hydrogen-bond acceptors (Lipinski definition) is 4. The molecule has 0 radical (unpaired) electrons. The first-order valence-corrected chi connectivity index (χ1v) is 2.85. The van der Waals surface area contributed by atoms with E-state index in [1.54, 1.807) is 0 Å². The molecule has 4 nitrogen and oxygen atoms in total. The lowest BCUT2D eigenvalue weighted by Gasteiger charge is -2.02. The first kappa shape index (κ1) is 4.20. The molecule has 6 heteroatoms. The minimum atomic E-state index is -2.96. The number of ether oxygens (including phenoxy) is 1. The van der Waals surface area contributed by atoms with E-state index in [1.165, 1.54) is 0 Å². The molecule has 0 atom stereocenters. The molecule has 0 spiro atoms. The molecule has 0 bridgehead atoms. The topological polar surface area (TPSA) is 62.6 Å². The molecule has 1 heterocycles. The second-order valence-corrected chi connectivity index (χ2v) is 1.85. The summed E-state index contributed by atoms with van der Waals surface area (Å²) in [6, 6.07) is -1.86. The third-order valence-corrected chi connectivity index (χ3v) is 1.03. The Bertz CT molecular complexity index is 441. The number of halogens is 1. The van der Waals surface area contributed by atoms with Gasteiger partial charge in [0, 0.05) is 6.04 Å². The fourth-order valence-electron chi connectivity index (χ4n) is 0.580. The van der Waals surface area contributed by atoms with Crippen molar-refractivity contribution in [3.8, 4) is 5.88 Å². The van der Waals surface area contributed by atoms with Gasteiger partial charge in [0.2, 0.25) is 11.8 Å². The van der Waals surface area contributed by atoms with Gasteiger partial charge in [-0.1, -0.05) is 0 Å². The Morgan fingerprint density at radius 1 is 1.75 bits per heavy atom. The van der Waals surface area contributed by atoms with Crippen molar-refractivity contribution in [3.63, 3.8) is 0 Å². The Labute approximate surface area is 75.8 Å². The van der Waals surface area contributed by atoms with Crippen molar-refractivity contribution in [3.05, 3.63) is 18.0 Å². The number of aromatic nitrogens is 1. The zero-order valence-electron chi connectivity index (χ0n) is 10.7. The van der Waals surface area contributed by atoms with Gasteiger partial charge in [0.1, 0.15) is 0 Å². The van der Waals surface area contributed by atoms with Gasteiger partial charge in [0.25, 0.3) is 0 Å². The second-order valence-electron chi connectivity index (χ2n) is 1.85. The van der Waals surface area contributed by atoms with E-state index < -0.39 is 43.5 Å². The Balaban J connectivity index is 3.34. The predicted molar refractivity (Wildman–Crippen MR) is 40.6 cm³/mol. The van der Waals surface area contributed by atoms with Gasteiger partial charge in [0.05, 0.1) is 13.9 Å². The monoisotopic (exact) mass is 176 g/mol. The Morgan fingerprint density at radius 3 is 3.08 bits per heavy atom. The molecular weight excluding hydrogens is 164 g/mol. The fraction of sp³-hybridized carbons (Fsp3) is 0.167. The van der Waals surface area contributed by atoms with Crippen molar-refractivity contribution in [2.75, 3.05) is 7.04 Å². The van der Waals surface area contributed by atoms with Crippen molar-refractivity contribution in [1.82, 2.24) is 4.98 Å². The maximum absolute atomic E-state index is 13.1. The summed E-state index contributed by atoms with van der Waals surface area (Å²) in [5, 5.41) is 17.7. The van der Waals surface area contributed by atoms with Crippen LogP contribution in [0.4, 0.5) is 4.39 Å². The molecule has 2 N–H and O–H groups in total. The van der Waals surface area contributed by atoms with Crippen LogP contribution >= 0.6 is 0 Å². The lowest BCUT2D eigenvalue weighted by Crippen LogP contribution is -2.30. The molecule has 0 aliphatic carbocycles. The van der Waals surface area contributed by atoms with Crippen molar-refractivity contribution < 1.29 is 26.0 Å². The van der Waals surface area contributed by atoms with E-state index in [-0.39, 0.29) is 0 Å². The highest BCUT2D eigenvalue weighted by atomic mass is 19.1. The predicted octanol–water partition coefficient (Wildman–Crippen LogP) is -1.09. The zero-order chi connectivity index (χ0) is 13.4. The van der Waals surface area contributed by atoms with Crippen LogP contribution in [0.1, 0.15) is 6.85 Å². The maximum Gasteiger partial charge on any atom is 0.488 e. The molecule has 1 rings (SSSR count). The molecule has 0 saturated carbocycles. The summed E-state index contributed by atoms with van der Waals surface area (Å²) in [4.78, 5) is 2.95. The number of methoxy groups -OCH3 is 1. The lowest BCUT2D eigenvalue weighted by atomic mass is 9.81. The number of hydrogen-bond donors (Lipinski definition) is 2. The van der Waals surface area contributed by atoms with Gasteiger partial charge >= 0.3 is 7.12 Å². The first-order valence-electron chi connectivity index (χ1n) is 5.35. The Morgan fingerprint density at radius 2 is 2.50 bits per heavy atom. The Kier molecular flexibility index (Phi) is 1.23. The average molecular weight is 176 g/mol. The summed E-state index contributed by atoms with van der Waals surface area (Å²) in [7, 11) is -5.26. The van der Waals surface area contributed by atoms with Gasteiger partial charge in [-0.2, -0.15) is 9.37 Å². The van der Waals surface area contributed by atoms with Crippen molar-refractivity contribution in [2.24, 2.45) is 0 Å². The van der Waals surface area contributed by atoms with Crippen LogP contribution in [0.25, 0.3) is 0 Å².